The predicted octanol–water partition coefficient (Wildman–Crippen LogP) is 3.54. The molecule has 1 aromatic carbocycles. The molecule has 1 aliphatic rings. The maximum absolute atomic E-state index is 12.2. The Labute approximate surface area is 154 Å². The molecule has 1 fully saturated rings. The van der Waals surface area contributed by atoms with Gasteiger partial charge in [-0.05, 0) is 37.5 Å². The molecular formula is C18H25ClN4O2. The monoisotopic (exact) mass is 364 g/mol. The van der Waals surface area contributed by atoms with Crippen molar-refractivity contribution in [3.8, 4) is 0 Å². The lowest BCUT2D eigenvalue weighted by Crippen LogP contribution is -2.28. The van der Waals surface area contributed by atoms with E-state index in [2.05, 4.69) is 15.5 Å². The lowest BCUT2D eigenvalue weighted by molar-refractivity contribution is -0.121. The van der Waals surface area contributed by atoms with E-state index in [0.717, 1.165) is 24.2 Å². The molecule has 1 heterocycles. The summed E-state index contributed by atoms with van der Waals surface area (Å²) in [5.74, 6) is 1.57. The SMILES string of the molecule is CC(NC(=O)Cc1ccc(N)cc1)c1nc(C2CCCCC2)no1.Cl. The smallest absolute Gasteiger partial charge is 0.248 e. The van der Waals surface area contributed by atoms with Crippen molar-refractivity contribution in [1.82, 2.24) is 15.5 Å². The average molecular weight is 365 g/mol. The van der Waals surface area contributed by atoms with Crippen LogP contribution >= 0.6 is 12.4 Å². The molecule has 1 saturated carbocycles. The van der Waals surface area contributed by atoms with Crippen LogP contribution in [-0.2, 0) is 11.2 Å². The van der Waals surface area contributed by atoms with Gasteiger partial charge >= 0.3 is 0 Å². The van der Waals surface area contributed by atoms with Crippen LogP contribution in [0.5, 0.6) is 0 Å². The molecule has 2 aromatic rings. The summed E-state index contributed by atoms with van der Waals surface area (Å²) in [5, 5.41) is 7.02. The fourth-order valence-corrected chi connectivity index (χ4v) is 3.12. The molecule has 136 valence electrons. The Morgan fingerprint density at radius 3 is 2.64 bits per heavy atom. The Morgan fingerprint density at radius 1 is 1.28 bits per heavy atom. The van der Waals surface area contributed by atoms with E-state index in [-0.39, 0.29) is 24.4 Å². The zero-order valence-electron chi connectivity index (χ0n) is 14.4. The first-order valence-corrected chi connectivity index (χ1v) is 8.59. The quantitative estimate of drug-likeness (QED) is 0.791. The Kier molecular flexibility index (Phi) is 6.82. The zero-order chi connectivity index (χ0) is 16.9. The summed E-state index contributed by atoms with van der Waals surface area (Å²) < 4.78 is 5.35. The third-order valence-electron chi connectivity index (χ3n) is 4.52. The van der Waals surface area contributed by atoms with E-state index in [0.29, 0.717) is 23.9 Å². The number of nitrogens with zero attached hydrogens (tertiary/aromatic N) is 2. The summed E-state index contributed by atoms with van der Waals surface area (Å²) in [6.07, 6.45) is 6.28. The molecule has 3 rings (SSSR count). The largest absolute Gasteiger partial charge is 0.399 e. The van der Waals surface area contributed by atoms with Gasteiger partial charge in [0.1, 0.15) is 6.04 Å². The number of anilines is 1. The van der Waals surface area contributed by atoms with Crippen LogP contribution in [-0.4, -0.2) is 16.0 Å². The van der Waals surface area contributed by atoms with Gasteiger partial charge in [0.05, 0.1) is 6.42 Å². The van der Waals surface area contributed by atoms with Gasteiger partial charge in [-0.1, -0.05) is 36.6 Å². The number of carbonyl (C=O) groups is 1. The number of halogens is 1. The highest BCUT2D eigenvalue weighted by atomic mass is 35.5. The van der Waals surface area contributed by atoms with Crippen molar-refractivity contribution in [1.29, 1.82) is 0 Å². The van der Waals surface area contributed by atoms with E-state index in [4.69, 9.17) is 10.3 Å². The molecule has 6 nitrogen and oxygen atoms in total. The third kappa shape index (κ3) is 5.19. The highest BCUT2D eigenvalue weighted by molar-refractivity contribution is 5.85. The van der Waals surface area contributed by atoms with Gasteiger partial charge in [-0.25, -0.2) is 0 Å². The molecule has 1 unspecified atom stereocenters. The molecule has 0 spiro atoms. The van der Waals surface area contributed by atoms with Gasteiger partial charge in [0.2, 0.25) is 11.8 Å². The number of hydrogen-bond acceptors (Lipinski definition) is 5. The van der Waals surface area contributed by atoms with Crippen LogP contribution in [0.25, 0.3) is 0 Å². The number of carbonyl (C=O) groups excluding carboxylic acids is 1. The van der Waals surface area contributed by atoms with Gasteiger partial charge in [-0.15, -0.1) is 12.4 Å². The first-order valence-electron chi connectivity index (χ1n) is 8.59. The normalized spacial score (nSPS) is 16.0. The molecule has 1 atom stereocenters. The van der Waals surface area contributed by atoms with Crippen molar-refractivity contribution in [3.05, 3.63) is 41.5 Å². The highest BCUT2D eigenvalue weighted by Crippen LogP contribution is 2.31. The summed E-state index contributed by atoms with van der Waals surface area (Å²) in [4.78, 5) is 16.7. The number of hydrogen-bond donors (Lipinski definition) is 2. The van der Waals surface area contributed by atoms with Gasteiger partial charge in [-0.3, -0.25) is 4.79 Å². The van der Waals surface area contributed by atoms with Crippen molar-refractivity contribution in [2.24, 2.45) is 0 Å². The van der Waals surface area contributed by atoms with E-state index in [9.17, 15) is 4.79 Å². The fourth-order valence-electron chi connectivity index (χ4n) is 3.12. The van der Waals surface area contributed by atoms with Crippen LogP contribution in [0.4, 0.5) is 5.69 Å². The van der Waals surface area contributed by atoms with Gasteiger partial charge in [0.25, 0.3) is 0 Å². The topological polar surface area (TPSA) is 94.0 Å². The minimum atomic E-state index is -0.295. The Bertz CT molecular complexity index is 681. The van der Waals surface area contributed by atoms with Gasteiger partial charge in [0.15, 0.2) is 5.82 Å². The molecule has 1 aliphatic carbocycles. The van der Waals surface area contributed by atoms with Gasteiger partial charge in [0, 0.05) is 11.6 Å². The summed E-state index contributed by atoms with van der Waals surface area (Å²) >= 11 is 0. The summed E-state index contributed by atoms with van der Waals surface area (Å²) in [5.41, 5.74) is 7.26. The van der Waals surface area contributed by atoms with E-state index < -0.39 is 0 Å². The Morgan fingerprint density at radius 2 is 1.96 bits per heavy atom. The van der Waals surface area contributed by atoms with Crippen LogP contribution in [0, 0.1) is 0 Å². The second-order valence-corrected chi connectivity index (χ2v) is 6.53. The molecule has 7 heteroatoms. The second kappa shape index (κ2) is 8.85. The van der Waals surface area contributed by atoms with E-state index in [1.807, 2.05) is 19.1 Å². The lowest BCUT2D eigenvalue weighted by atomic mass is 9.89. The maximum Gasteiger partial charge on any atom is 0.248 e. The summed E-state index contributed by atoms with van der Waals surface area (Å²) in [6, 6.07) is 7.00. The van der Waals surface area contributed by atoms with Crippen molar-refractivity contribution in [3.63, 3.8) is 0 Å². The number of rotatable bonds is 5. The molecule has 25 heavy (non-hydrogen) atoms. The third-order valence-corrected chi connectivity index (χ3v) is 4.52. The number of nitrogens with two attached hydrogens (primary N) is 1. The van der Waals surface area contributed by atoms with Crippen molar-refractivity contribution < 1.29 is 9.32 Å². The van der Waals surface area contributed by atoms with Crippen LogP contribution in [0.15, 0.2) is 28.8 Å². The van der Waals surface area contributed by atoms with E-state index >= 15 is 0 Å². The van der Waals surface area contributed by atoms with Crippen LogP contribution in [0.3, 0.4) is 0 Å². The number of aromatic nitrogens is 2. The molecule has 1 amide bonds. The minimum absolute atomic E-state index is 0. The highest BCUT2D eigenvalue weighted by Gasteiger charge is 2.23. The molecule has 0 aliphatic heterocycles. The number of amides is 1. The molecule has 3 N–H and O–H groups in total. The minimum Gasteiger partial charge on any atom is -0.399 e. The zero-order valence-corrected chi connectivity index (χ0v) is 15.2. The molecule has 0 saturated heterocycles. The van der Waals surface area contributed by atoms with E-state index in [1.54, 1.807) is 12.1 Å². The molecular weight excluding hydrogens is 340 g/mol. The average Bonchev–Trinajstić information content (AvgIpc) is 3.08. The van der Waals surface area contributed by atoms with Gasteiger partial charge in [-0.2, -0.15) is 4.98 Å². The van der Waals surface area contributed by atoms with Crippen LogP contribution < -0.4 is 11.1 Å². The fraction of sp³-hybridized carbons (Fsp3) is 0.500. The van der Waals surface area contributed by atoms with Crippen molar-refractivity contribution >= 4 is 24.0 Å². The van der Waals surface area contributed by atoms with Crippen molar-refractivity contribution in [2.45, 2.75) is 57.4 Å². The molecule has 0 bridgehead atoms. The van der Waals surface area contributed by atoms with Crippen molar-refractivity contribution in [2.75, 3.05) is 5.73 Å². The second-order valence-electron chi connectivity index (χ2n) is 6.53. The van der Waals surface area contributed by atoms with Gasteiger partial charge < -0.3 is 15.6 Å². The summed E-state index contributed by atoms with van der Waals surface area (Å²) in [6.45, 7) is 1.86. The number of nitrogen functional groups attached to an aromatic ring is 1. The first kappa shape index (κ1) is 19.2. The first-order chi connectivity index (χ1) is 11.6. The predicted molar refractivity (Wildman–Crippen MR) is 98.5 cm³/mol. The van der Waals surface area contributed by atoms with E-state index in [1.165, 1.54) is 19.3 Å². The standard InChI is InChI=1S/C18H24N4O2.ClH/c1-12(20-16(23)11-13-7-9-15(19)10-8-13)18-21-17(22-24-18)14-5-3-2-4-6-14;/h7-10,12,14H,2-6,11,19H2,1H3,(H,20,23);1H. The Hall–Kier alpha value is -2.08. The number of benzene rings is 1. The maximum atomic E-state index is 12.2. The molecule has 0 radical (unpaired) electrons. The summed E-state index contributed by atoms with van der Waals surface area (Å²) in [7, 11) is 0. The number of nitrogens with one attached hydrogen (secondary N) is 1. The lowest BCUT2D eigenvalue weighted by Gasteiger charge is -2.17. The van der Waals surface area contributed by atoms with Crippen LogP contribution in [0.2, 0.25) is 0 Å². The Balaban J connectivity index is 0.00000225. The molecule has 1 aromatic heterocycles. The van der Waals surface area contributed by atoms with Crippen LogP contribution in [0.1, 0.15) is 68.3 Å².